The van der Waals surface area contributed by atoms with Crippen molar-refractivity contribution < 1.29 is 0 Å². The third-order valence-electron chi connectivity index (χ3n) is 3.00. The Morgan fingerprint density at radius 2 is 1.67 bits per heavy atom. The van der Waals surface area contributed by atoms with E-state index >= 15 is 0 Å². The number of nitrogens with one attached hydrogen (secondary N) is 2. The van der Waals surface area contributed by atoms with Crippen molar-refractivity contribution in [2.45, 2.75) is 33.2 Å². The zero-order valence-corrected chi connectivity index (χ0v) is 14.2. The lowest BCUT2D eigenvalue weighted by Crippen LogP contribution is -2.09. The van der Waals surface area contributed by atoms with Crippen LogP contribution in [0.2, 0.25) is 0 Å². The van der Waals surface area contributed by atoms with Gasteiger partial charge in [-0.05, 0) is 24.6 Å². The molecule has 0 fully saturated rings. The van der Waals surface area contributed by atoms with Crippen LogP contribution in [0.25, 0.3) is 0 Å². The first-order valence-electron chi connectivity index (χ1n) is 7.19. The van der Waals surface area contributed by atoms with Crippen molar-refractivity contribution in [1.82, 2.24) is 9.97 Å². The van der Waals surface area contributed by atoms with Gasteiger partial charge < -0.3 is 10.6 Å². The van der Waals surface area contributed by atoms with Crippen LogP contribution in [-0.2, 0) is 6.54 Å². The second-order valence-corrected chi connectivity index (χ2v) is 6.08. The number of aromatic nitrogens is 2. The maximum atomic E-state index is 4.58. The molecule has 112 valence electrons. The molecule has 4 nitrogen and oxygen atoms in total. The summed E-state index contributed by atoms with van der Waals surface area (Å²) >= 11 is 3.44. The molecule has 0 aliphatic heterocycles. The van der Waals surface area contributed by atoms with Crippen LogP contribution in [0.1, 0.15) is 38.1 Å². The van der Waals surface area contributed by atoms with Crippen LogP contribution in [0.3, 0.4) is 0 Å². The van der Waals surface area contributed by atoms with Gasteiger partial charge in [0.2, 0.25) is 0 Å². The minimum absolute atomic E-state index is 0.303. The lowest BCUT2D eigenvalue weighted by molar-refractivity contribution is 0.775. The highest BCUT2D eigenvalue weighted by molar-refractivity contribution is 9.10. The molecule has 21 heavy (non-hydrogen) atoms. The van der Waals surface area contributed by atoms with Gasteiger partial charge in [0.05, 0.1) is 0 Å². The number of anilines is 2. The van der Waals surface area contributed by atoms with Crippen LogP contribution in [0.5, 0.6) is 0 Å². The van der Waals surface area contributed by atoms with E-state index in [2.05, 4.69) is 69.4 Å². The average molecular weight is 349 g/mol. The summed E-state index contributed by atoms with van der Waals surface area (Å²) in [6, 6.07) is 10.2. The molecule has 0 aliphatic rings. The Bertz CT molecular complexity index is 581. The monoisotopic (exact) mass is 348 g/mol. The van der Waals surface area contributed by atoms with Crippen molar-refractivity contribution in [3.8, 4) is 0 Å². The van der Waals surface area contributed by atoms with E-state index < -0.39 is 0 Å². The van der Waals surface area contributed by atoms with Gasteiger partial charge in [-0.1, -0.05) is 41.9 Å². The lowest BCUT2D eigenvalue weighted by atomic mass is 10.2. The molecule has 1 aromatic heterocycles. The number of benzene rings is 1. The summed E-state index contributed by atoms with van der Waals surface area (Å²) in [7, 11) is 0. The lowest BCUT2D eigenvalue weighted by Gasteiger charge is -2.12. The maximum Gasteiger partial charge on any atom is 0.135 e. The molecule has 0 unspecified atom stereocenters. The van der Waals surface area contributed by atoms with Crippen molar-refractivity contribution in [2.24, 2.45) is 0 Å². The molecule has 0 radical (unpaired) electrons. The standard InChI is InChI=1S/C16H21BrN4/c1-4-18-14-9-15(21-16(20-14)11(2)3)19-10-12-5-7-13(17)8-6-12/h5-9,11H,4,10H2,1-3H3,(H2,18,19,20,21). The van der Waals surface area contributed by atoms with Gasteiger partial charge in [-0.25, -0.2) is 9.97 Å². The van der Waals surface area contributed by atoms with Gasteiger partial charge in [-0.15, -0.1) is 0 Å². The summed E-state index contributed by atoms with van der Waals surface area (Å²) in [6.45, 7) is 7.85. The molecule has 0 amide bonds. The summed E-state index contributed by atoms with van der Waals surface area (Å²) in [4.78, 5) is 9.10. The van der Waals surface area contributed by atoms with E-state index in [9.17, 15) is 0 Å². The van der Waals surface area contributed by atoms with Gasteiger partial charge in [0.25, 0.3) is 0 Å². The Balaban J connectivity index is 2.12. The number of hydrogen-bond donors (Lipinski definition) is 2. The third-order valence-corrected chi connectivity index (χ3v) is 3.53. The van der Waals surface area contributed by atoms with Gasteiger partial charge >= 0.3 is 0 Å². The first kappa shape index (κ1) is 15.8. The summed E-state index contributed by atoms with van der Waals surface area (Å²) in [5.74, 6) is 2.88. The Hall–Kier alpha value is -1.62. The molecule has 5 heteroatoms. The van der Waals surface area contributed by atoms with E-state index in [-0.39, 0.29) is 0 Å². The number of hydrogen-bond acceptors (Lipinski definition) is 4. The second-order valence-electron chi connectivity index (χ2n) is 5.16. The van der Waals surface area contributed by atoms with E-state index in [1.807, 2.05) is 18.2 Å². The predicted octanol–water partition coefficient (Wildman–Crippen LogP) is 4.41. The minimum Gasteiger partial charge on any atom is -0.370 e. The highest BCUT2D eigenvalue weighted by Gasteiger charge is 2.07. The van der Waals surface area contributed by atoms with Crippen LogP contribution >= 0.6 is 15.9 Å². The van der Waals surface area contributed by atoms with E-state index in [4.69, 9.17) is 0 Å². The van der Waals surface area contributed by atoms with Crippen LogP contribution in [0.4, 0.5) is 11.6 Å². The molecule has 0 saturated carbocycles. The zero-order valence-electron chi connectivity index (χ0n) is 12.7. The average Bonchev–Trinajstić information content (AvgIpc) is 2.47. The van der Waals surface area contributed by atoms with Crippen molar-refractivity contribution >= 4 is 27.6 Å². The molecule has 1 aromatic carbocycles. The molecule has 0 saturated heterocycles. The van der Waals surface area contributed by atoms with Gasteiger partial charge in [-0.3, -0.25) is 0 Å². The van der Waals surface area contributed by atoms with Crippen molar-refractivity contribution in [3.05, 3.63) is 46.2 Å². The van der Waals surface area contributed by atoms with Crippen LogP contribution in [-0.4, -0.2) is 16.5 Å². The summed E-state index contributed by atoms with van der Waals surface area (Å²) in [6.07, 6.45) is 0. The van der Waals surface area contributed by atoms with E-state index in [0.717, 1.165) is 35.0 Å². The topological polar surface area (TPSA) is 49.8 Å². The van der Waals surface area contributed by atoms with Crippen molar-refractivity contribution in [1.29, 1.82) is 0 Å². The Morgan fingerprint density at radius 1 is 1.05 bits per heavy atom. The highest BCUT2D eigenvalue weighted by Crippen LogP contribution is 2.18. The van der Waals surface area contributed by atoms with Crippen LogP contribution < -0.4 is 10.6 Å². The minimum atomic E-state index is 0.303. The number of rotatable bonds is 6. The van der Waals surface area contributed by atoms with E-state index in [1.165, 1.54) is 5.56 Å². The van der Waals surface area contributed by atoms with Gasteiger partial charge in [0, 0.05) is 29.5 Å². The number of halogens is 1. The molecule has 0 spiro atoms. The molecule has 0 atom stereocenters. The normalized spacial score (nSPS) is 10.7. The molecular formula is C16H21BrN4. The van der Waals surface area contributed by atoms with Gasteiger partial charge in [0.15, 0.2) is 0 Å². The smallest absolute Gasteiger partial charge is 0.135 e. The quantitative estimate of drug-likeness (QED) is 0.811. The predicted molar refractivity (Wildman–Crippen MR) is 91.8 cm³/mol. The van der Waals surface area contributed by atoms with Crippen LogP contribution in [0.15, 0.2) is 34.8 Å². The SMILES string of the molecule is CCNc1cc(NCc2ccc(Br)cc2)nc(C(C)C)n1. The Morgan fingerprint density at radius 3 is 2.24 bits per heavy atom. The van der Waals surface area contributed by atoms with Gasteiger partial charge in [0.1, 0.15) is 17.5 Å². The highest BCUT2D eigenvalue weighted by atomic mass is 79.9. The fraction of sp³-hybridized carbons (Fsp3) is 0.375. The second kappa shape index (κ2) is 7.41. The third kappa shape index (κ3) is 4.70. The molecular weight excluding hydrogens is 328 g/mol. The van der Waals surface area contributed by atoms with Crippen LogP contribution in [0, 0.1) is 0 Å². The fourth-order valence-corrected chi connectivity index (χ4v) is 2.15. The molecule has 2 aromatic rings. The Labute approximate surface area is 134 Å². The molecule has 0 aliphatic carbocycles. The van der Waals surface area contributed by atoms with E-state index in [1.54, 1.807) is 0 Å². The summed E-state index contributed by atoms with van der Waals surface area (Å²) in [5, 5.41) is 6.62. The fourth-order valence-electron chi connectivity index (χ4n) is 1.88. The molecule has 1 heterocycles. The first-order valence-corrected chi connectivity index (χ1v) is 7.99. The zero-order chi connectivity index (χ0) is 15.2. The largest absolute Gasteiger partial charge is 0.370 e. The molecule has 0 bridgehead atoms. The summed E-state index contributed by atoms with van der Waals surface area (Å²) in [5.41, 5.74) is 1.22. The molecule has 2 rings (SSSR count). The van der Waals surface area contributed by atoms with Gasteiger partial charge in [-0.2, -0.15) is 0 Å². The van der Waals surface area contributed by atoms with Crippen molar-refractivity contribution in [3.63, 3.8) is 0 Å². The van der Waals surface area contributed by atoms with Crippen molar-refractivity contribution in [2.75, 3.05) is 17.2 Å². The maximum absolute atomic E-state index is 4.58. The van der Waals surface area contributed by atoms with E-state index in [0.29, 0.717) is 5.92 Å². The first-order chi connectivity index (χ1) is 10.1. The molecule has 2 N–H and O–H groups in total. The number of nitrogens with zero attached hydrogens (tertiary/aromatic N) is 2. The Kier molecular flexibility index (Phi) is 5.56. The summed E-state index contributed by atoms with van der Waals surface area (Å²) < 4.78 is 1.09.